The number of nitrogens with one attached hydrogen (secondary N) is 1. The number of hydrogen-bond acceptors (Lipinski definition) is 2. The van der Waals surface area contributed by atoms with Gasteiger partial charge in [0, 0.05) is 17.6 Å². The average molecular weight is 263 g/mol. The van der Waals surface area contributed by atoms with Crippen LogP contribution in [-0.2, 0) is 6.42 Å². The van der Waals surface area contributed by atoms with Gasteiger partial charge < -0.3 is 15.8 Å². The quantitative estimate of drug-likeness (QED) is 0.874. The van der Waals surface area contributed by atoms with E-state index >= 15 is 0 Å². The maximum Gasteiger partial charge on any atom is 0.312 e. The molecular formula is C10H12Cl2N2O2. The van der Waals surface area contributed by atoms with Gasteiger partial charge in [-0.15, -0.1) is 0 Å². The molecule has 0 aromatic heterocycles. The molecule has 0 bridgehead atoms. The highest BCUT2D eigenvalue weighted by atomic mass is 35.5. The second-order valence-electron chi connectivity index (χ2n) is 3.12. The fourth-order valence-corrected chi connectivity index (χ4v) is 1.75. The monoisotopic (exact) mass is 262 g/mol. The van der Waals surface area contributed by atoms with E-state index in [0.717, 1.165) is 5.56 Å². The molecule has 0 aliphatic rings. The van der Waals surface area contributed by atoms with E-state index in [0.29, 0.717) is 28.8 Å². The van der Waals surface area contributed by atoms with Crippen LogP contribution in [-0.4, -0.2) is 19.7 Å². The molecule has 2 amide bonds. The van der Waals surface area contributed by atoms with E-state index in [4.69, 9.17) is 33.7 Å². The Labute approximate surface area is 104 Å². The molecule has 0 saturated carbocycles. The van der Waals surface area contributed by atoms with Crippen LogP contribution in [0, 0.1) is 0 Å². The molecule has 88 valence electrons. The Balaban J connectivity index is 2.73. The minimum absolute atomic E-state index is 0.414. The zero-order valence-electron chi connectivity index (χ0n) is 8.72. The van der Waals surface area contributed by atoms with Crippen LogP contribution in [0.15, 0.2) is 12.1 Å². The van der Waals surface area contributed by atoms with Gasteiger partial charge in [0.2, 0.25) is 0 Å². The van der Waals surface area contributed by atoms with Crippen molar-refractivity contribution in [2.24, 2.45) is 5.73 Å². The standard InChI is InChI=1S/C10H12Cl2N2O2/c1-16-9-5-7(11)6(4-8(9)12)2-3-14-10(13)15/h4-5H,2-3H2,1H3,(H3,13,14,15). The van der Waals surface area contributed by atoms with Gasteiger partial charge in [0.1, 0.15) is 5.75 Å². The molecule has 16 heavy (non-hydrogen) atoms. The number of methoxy groups -OCH3 is 1. The molecule has 0 fully saturated rings. The minimum Gasteiger partial charge on any atom is -0.495 e. The predicted molar refractivity (Wildman–Crippen MR) is 64.3 cm³/mol. The highest BCUT2D eigenvalue weighted by molar-refractivity contribution is 6.34. The van der Waals surface area contributed by atoms with Crippen LogP contribution in [0.1, 0.15) is 5.56 Å². The molecule has 6 heteroatoms. The Hall–Kier alpha value is -1.13. The van der Waals surface area contributed by atoms with Gasteiger partial charge in [0.05, 0.1) is 12.1 Å². The third-order valence-electron chi connectivity index (χ3n) is 2.01. The molecule has 0 atom stereocenters. The number of carbonyl (C=O) groups excluding carboxylic acids is 1. The topological polar surface area (TPSA) is 64.3 Å². The molecule has 1 aromatic rings. The van der Waals surface area contributed by atoms with E-state index in [2.05, 4.69) is 5.32 Å². The summed E-state index contributed by atoms with van der Waals surface area (Å²) in [7, 11) is 1.52. The fraction of sp³-hybridized carbons (Fsp3) is 0.300. The second kappa shape index (κ2) is 5.82. The lowest BCUT2D eigenvalue weighted by molar-refractivity contribution is 0.249. The second-order valence-corrected chi connectivity index (χ2v) is 3.93. The van der Waals surface area contributed by atoms with Crippen molar-refractivity contribution in [1.29, 1.82) is 0 Å². The number of benzene rings is 1. The van der Waals surface area contributed by atoms with Crippen molar-refractivity contribution in [3.63, 3.8) is 0 Å². The first kappa shape index (κ1) is 12.9. The molecule has 1 rings (SSSR count). The van der Waals surface area contributed by atoms with Gasteiger partial charge in [-0.05, 0) is 18.1 Å². The smallest absolute Gasteiger partial charge is 0.312 e. The van der Waals surface area contributed by atoms with Gasteiger partial charge >= 0.3 is 6.03 Å². The van der Waals surface area contributed by atoms with Crippen molar-refractivity contribution < 1.29 is 9.53 Å². The number of urea groups is 1. The molecule has 1 aromatic carbocycles. The van der Waals surface area contributed by atoms with Gasteiger partial charge in [-0.1, -0.05) is 23.2 Å². The molecular weight excluding hydrogens is 251 g/mol. The molecule has 0 unspecified atom stereocenters. The molecule has 0 saturated heterocycles. The number of rotatable bonds is 4. The van der Waals surface area contributed by atoms with Crippen LogP contribution in [0.25, 0.3) is 0 Å². The molecule has 4 nitrogen and oxygen atoms in total. The van der Waals surface area contributed by atoms with Crippen LogP contribution >= 0.6 is 23.2 Å². The number of ether oxygens (including phenoxy) is 1. The van der Waals surface area contributed by atoms with Crippen molar-refractivity contribution >= 4 is 29.2 Å². The Bertz CT molecular complexity index is 397. The zero-order chi connectivity index (χ0) is 12.1. The number of nitrogens with two attached hydrogens (primary N) is 1. The lowest BCUT2D eigenvalue weighted by Crippen LogP contribution is -2.30. The summed E-state index contributed by atoms with van der Waals surface area (Å²) in [4.78, 5) is 10.5. The number of carbonyl (C=O) groups is 1. The average Bonchev–Trinajstić information content (AvgIpc) is 2.22. The van der Waals surface area contributed by atoms with Crippen molar-refractivity contribution in [2.45, 2.75) is 6.42 Å². The molecule has 0 heterocycles. The van der Waals surface area contributed by atoms with Gasteiger partial charge in [-0.25, -0.2) is 4.79 Å². The third kappa shape index (κ3) is 3.47. The van der Waals surface area contributed by atoms with E-state index in [-0.39, 0.29) is 0 Å². The SMILES string of the molecule is COc1cc(Cl)c(CCNC(N)=O)cc1Cl. The molecule has 0 radical (unpaired) electrons. The van der Waals surface area contributed by atoms with Gasteiger partial charge in [0.25, 0.3) is 0 Å². The lowest BCUT2D eigenvalue weighted by Gasteiger charge is -2.09. The largest absolute Gasteiger partial charge is 0.495 e. The maximum absolute atomic E-state index is 10.5. The van der Waals surface area contributed by atoms with Crippen LogP contribution in [0.3, 0.4) is 0 Å². The maximum atomic E-state index is 10.5. The number of hydrogen-bond donors (Lipinski definition) is 2. The Kier molecular flexibility index (Phi) is 4.71. The highest BCUT2D eigenvalue weighted by Crippen LogP contribution is 2.30. The first-order valence-electron chi connectivity index (χ1n) is 4.59. The minimum atomic E-state index is -0.560. The molecule has 0 spiro atoms. The lowest BCUT2D eigenvalue weighted by atomic mass is 10.1. The predicted octanol–water partition coefficient (Wildman–Crippen LogP) is 2.21. The van der Waals surface area contributed by atoms with Crippen molar-refractivity contribution in [1.82, 2.24) is 5.32 Å². The number of halogens is 2. The van der Waals surface area contributed by atoms with Crippen LogP contribution in [0.2, 0.25) is 10.0 Å². The van der Waals surface area contributed by atoms with E-state index < -0.39 is 6.03 Å². The summed E-state index contributed by atoms with van der Waals surface area (Å²) < 4.78 is 5.02. The summed E-state index contributed by atoms with van der Waals surface area (Å²) in [5.41, 5.74) is 5.78. The van der Waals surface area contributed by atoms with Crippen LogP contribution in [0.5, 0.6) is 5.75 Å². The summed E-state index contributed by atoms with van der Waals surface area (Å²) in [5, 5.41) is 3.51. The van der Waals surface area contributed by atoms with Crippen molar-refractivity contribution in [3.05, 3.63) is 27.7 Å². The summed E-state index contributed by atoms with van der Waals surface area (Å²) in [6.07, 6.45) is 0.561. The fourth-order valence-electron chi connectivity index (χ4n) is 1.24. The first-order valence-corrected chi connectivity index (χ1v) is 5.35. The van der Waals surface area contributed by atoms with Gasteiger partial charge in [-0.2, -0.15) is 0 Å². The van der Waals surface area contributed by atoms with Gasteiger partial charge in [-0.3, -0.25) is 0 Å². The number of amides is 2. The van der Waals surface area contributed by atoms with Crippen molar-refractivity contribution in [2.75, 3.05) is 13.7 Å². The van der Waals surface area contributed by atoms with E-state index in [9.17, 15) is 4.79 Å². The summed E-state index contributed by atoms with van der Waals surface area (Å²) in [5.74, 6) is 0.526. The number of primary amides is 1. The normalized spacial score (nSPS) is 9.94. The van der Waals surface area contributed by atoms with Crippen LogP contribution < -0.4 is 15.8 Å². The molecule has 0 aliphatic heterocycles. The van der Waals surface area contributed by atoms with E-state index in [1.165, 1.54) is 7.11 Å². The Morgan fingerprint density at radius 1 is 1.44 bits per heavy atom. The molecule has 3 N–H and O–H groups in total. The highest BCUT2D eigenvalue weighted by Gasteiger charge is 2.07. The van der Waals surface area contributed by atoms with Gasteiger partial charge in [0.15, 0.2) is 0 Å². The summed E-state index contributed by atoms with van der Waals surface area (Å²) in [6.45, 7) is 0.414. The van der Waals surface area contributed by atoms with Crippen molar-refractivity contribution in [3.8, 4) is 5.75 Å². The first-order chi connectivity index (χ1) is 7.54. The van der Waals surface area contributed by atoms with E-state index in [1.54, 1.807) is 12.1 Å². The zero-order valence-corrected chi connectivity index (χ0v) is 10.2. The molecule has 0 aliphatic carbocycles. The Morgan fingerprint density at radius 2 is 2.12 bits per heavy atom. The summed E-state index contributed by atoms with van der Waals surface area (Å²) in [6, 6.07) is 2.80. The summed E-state index contributed by atoms with van der Waals surface area (Å²) >= 11 is 12.0. The third-order valence-corrected chi connectivity index (χ3v) is 2.66. The van der Waals surface area contributed by atoms with Crippen LogP contribution in [0.4, 0.5) is 4.79 Å². The Morgan fingerprint density at radius 3 is 2.69 bits per heavy atom. The van der Waals surface area contributed by atoms with E-state index in [1.807, 2.05) is 0 Å².